The molecule has 0 fully saturated rings. The molecule has 0 radical (unpaired) electrons. The lowest BCUT2D eigenvalue weighted by atomic mass is 10.2. The number of nitrogen functional groups attached to an aromatic ring is 1. The van der Waals surface area contributed by atoms with Gasteiger partial charge in [0.25, 0.3) is 10.0 Å². The first-order valence-corrected chi connectivity index (χ1v) is 7.22. The molecule has 0 aliphatic heterocycles. The topological polar surface area (TPSA) is 72.2 Å². The van der Waals surface area contributed by atoms with E-state index in [9.17, 15) is 21.6 Å². The lowest BCUT2D eigenvalue weighted by Crippen LogP contribution is -2.16. The molecule has 21 heavy (non-hydrogen) atoms. The van der Waals surface area contributed by atoms with Crippen LogP contribution >= 0.6 is 0 Å². The number of benzene rings is 2. The zero-order valence-corrected chi connectivity index (χ0v) is 11.6. The molecule has 0 aliphatic rings. The maximum absolute atomic E-state index is 13.6. The van der Waals surface area contributed by atoms with E-state index in [4.69, 9.17) is 5.73 Å². The number of rotatable bonds is 3. The predicted octanol–water partition coefficient (Wildman–Crippen LogP) is 2.80. The SMILES string of the molecule is Cc1cc(F)ccc1S(=O)(=O)Nc1c(N)cc(F)cc1F. The number of anilines is 2. The van der Waals surface area contributed by atoms with Crippen molar-refractivity contribution in [3.05, 3.63) is 53.3 Å². The molecule has 0 saturated heterocycles. The summed E-state index contributed by atoms with van der Waals surface area (Å²) in [7, 11) is -4.18. The molecule has 0 spiro atoms. The van der Waals surface area contributed by atoms with E-state index in [-0.39, 0.29) is 10.5 Å². The number of hydrogen-bond donors (Lipinski definition) is 2. The maximum atomic E-state index is 13.6. The maximum Gasteiger partial charge on any atom is 0.262 e. The first-order chi connectivity index (χ1) is 9.70. The van der Waals surface area contributed by atoms with Gasteiger partial charge in [-0.05, 0) is 36.8 Å². The highest BCUT2D eigenvalue weighted by Gasteiger charge is 2.21. The molecule has 3 N–H and O–H groups in total. The number of aryl methyl sites for hydroxylation is 1. The van der Waals surface area contributed by atoms with Gasteiger partial charge in [0.1, 0.15) is 17.3 Å². The van der Waals surface area contributed by atoms with E-state index in [0.717, 1.165) is 24.3 Å². The van der Waals surface area contributed by atoms with Crippen molar-refractivity contribution in [3.8, 4) is 0 Å². The largest absolute Gasteiger partial charge is 0.397 e. The summed E-state index contributed by atoms with van der Waals surface area (Å²) in [5.41, 5.74) is 4.60. The summed E-state index contributed by atoms with van der Waals surface area (Å²) in [5, 5.41) is 0. The Kier molecular flexibility index (Phi) is 3.82. The molecule has 0 unspecified atom stereocenters. The van der Waals surface area contributed by atoms with Crippen LogP contribution in [0.15, 0.2) is 35.2 Å². The Labute approximate surface area is 119 Å². The third-order valence-electron chi connectivity index (χ3n) is 2.75. The number of nitrogens with two attached hydrogens (primary N) is 1. The third kappa shape index (κ3) is 3.10. The second-order valence-electron chi connectivity index (χ2n) is 4.37. The molecule has 8 heteroatoms. The third-order valence-corrected chi connectivity index (χ3v) is 4.26. The van der Waals surface area contributed by atoms with Crippen molar-refractivity contribution < 1.29 is 21.6 Å². The van der Waals surface area contributed by atoms with Crippen LogP contribution in [0.3, 0.4) is 0 Å². The lowest BCUT2D eigenvalue weighted by Gasteiger charge is -2.13. The van der Waals surface area contributed by atoms with E-state index in [2.05, 4.69) is 0 Å². The molecule has 0 saturated carbocycles. The second kappa shape index (κ2) is 5.28. The molecule has 2 aromatic rings. The van der Waals surface area contributed by atoms with Gasteiger partial charge in [-0.25, -0.2) is 21.6 Å². The van der Waals surface area contributed by atoms with E-state index < -0.39 is 38.8 Å². The zero-order valence-electron chi connectivity index (χ0n) is 10.8. The molecule has 112 valence electrons. The second-order valence-corrected chi connectivity index (χ2v) is 6.02. The van der Waals surface area contributed by atoms with Crippen LogP contribution in [0, 0.1) is 24.4 Å². The zero-order chi connectivity index (χ0) is 15.8. The summed E-state index contributed by atoms with van der Waals surface area (Å²) in [4.78, 5) is -0.230. The van der Waals surface area contributed by atoms with Gasteiger partial charge in [0, 0.05) is 6.07 Å². The highest BCUT2D eigenvalue weighted by Crippen LogP contribution is 2.27. The van der Waals surface area contributed by atoms with Gasteiger partial charge in [0.2, 0.25) is 0 Å². The van der Waals surface area contributed by atoms with Gasteiger partial charge in [0.05, 0.1) is 10.6 Å². The van der Waals surface area contributed by atoms with Crippen LogP contribution in [0.1, 0.15) is 5.56 Å². The molecule has 0 atom stereocenters. The van der Waals surface area contributed by atoms with Crippen LogP contribution in [0.25, 0.3) is 0 Å². The van der Waals surface area contributed by atoms with E-state index in [1.807, 2.05) is 4.72 Å². The lowest BCUT2D eigenvalue weighted by molar-refractivity contribution is 0.583. The molecule has 2 rings (SSSR count). The normalized spacial score (nSPS) is 11.4. The first kappa shape index (κ1) is 15.2. The van der Waals surface area contributed by atoms with Crippen LogP contribution in [0.4, 0.5) is 24.5 Å². The van der Waals surface area contributed by atoms with Gasteiger partial charge >= 0.3 is 0 Å². The quantitative estimate of drug-likeness (QED) is 0.855. The molecule has 2 aromatic carbocycles. The van der Waals surface area contributed by atoms with E-state index in [0.29, 0.717) is 6.07 Å². The Hall–Kier alpha value is -2.22. The van der Waals surface area contributed by atoms with Crippen molar-refractivity contribution in [2.45, 2.75) is 11.8 Å². The fraction of sp³-hybridized carbons (Fsp3) is 0.0769. The number of nitrogens with one attached hydrogen (secondary N) is 1. The van der Waals surface area contributed by atoms with Crippen molar-refractivity contribution in [2.75, 3.05) is 10.5 Å². The van der Waals surface area contributed by atoms with Gasteiger partial charge in [-0.15, -0.1) is 0 Å². The van der Waals surface area contributed by atoms with Crippen molar-refractivity contribution in [1.29, 1.82) is 0 Å². The number of sulfonamides is 1. The molecule has 0 aliphatic carbocycles. The molecule has 0 aromatic heterocycles. The standard InChI is InChI=1S/C13H11F3N2O2S/c1-7-4-8(14)2-3-12(7)21(19,20)18-13-10(16)5-9(15)6-11(13)17/h2-6,18H,17H2,1H3. The number of hydrogen-bond acceptors (Lipinski definition) is 3. The summed E-state index contributed by atoms with van der Waals surface area (Å²) in [6, 6.07) is 4.33. The highest BCUT2D eigenvalue weighted by molar-refractivity contribution is 7.92. The van der Waals surface area contributed by atoms with Gasteiger partial charge in [0.15, 0.2) is 5.82 Å². The summed E-state index contributed by atoms with van der Waals surface area (Å²) >= 11 is 0. The predicted molar refractivity (Wildman–Crippen MR) is 72.7 cm³/mol. The minimum Gasteiger partial charge on any atom is -0.397 e. The smallest absolute Gasteiger partial charge is 0.262 e. The van der Waals surface area contributed by atoms with Crippen LogP contribution < -0.4 is 10.5 Å². The van der Waals surface area contributed by atoms with Crippen LogP contribution in [-0.2, 0) is 10.0 Å². The fourth-order valence-electron chi connectivity index (χ4n) is 1.80. The molecule has 4 nitrogen and oxygen atoms in total. The Balaban J connectivity index is 2.47. The Morgan fingerprint density at radius 2 is 1.71 bits per heavy atom. The fourth-order valence-corrected chi connectivity index (χ4v) is 3.13. The average molecular weight is 316 g/mol. The highest BCUT2D eigenvalue weighted by atomic mass is 32.2. The molecule has 0 heterocycles. The Bertz CT molecular complexity index is 784. The number of halogens is 3. The first-order valence-electron chi connectivity index (χ1n) is 5.74. The van der Waals surface area contributed by atoms with E-state index in [1.54, 1.807) is 0 Å². The van der Waals surface area contributed by atoms with Crippen molar-refractivity contribution in [3.63, 3.8) is 0 Å². The van der Waals surface area contributed by atoms with E-state index in [1.165, 1.54) is 6.92 Å². The summed E-state index contributed by atoms with van der Waals surface area (Å²) in [5.74, 6) is -2.67. The minimum atomic E-state index is -4.18. The van der Waals surface area contributed by atoms with Crippen molar-refractivity contribution >= 4 is 21.4 Å². The molecule has 0 bridgehead atoms. The summed E-state index contributed by atoms with van der Waals surface area (Å²) < 4.78 is 65.8. The van der Waals surface area contributed by atoms with Gasteiger partial charge in [-0.1, -0.05) is 0 Å². The monoisotopic (exact) mass is 316 g/mol. The Morgan fingerprint density at radius 3 is 2.29 bits per heavy atom. The van der Waals surface area contributed by atoms with Gasteiger partial charge < -0.3 is 5.73 Å². The van der Waals surface area contributed by atoms with Crippen LogP contribution in [0.5, 0.6) is 0 Å². The van der Waals surface area contributed by atoms with Crippen LogP contribution in [-0.4, -0.2) is 8.42 Å². The average Bonchev–Trinajstić information content (AvgIpc) is 2.33. The molecule has 0 amide bonds. The van der Waals surface area contributed by atoms with Gasteiger partial charge in [-0.2, -0.15) is 0 Å². The Morgan fingerprint density at radius 1 is 1.05 bits per heavy atom. The summed E-state index contributed by atoms with van der Waals surface area (Å²) in [6.07, 6.45) is 0. The molecular weight excluding hydrogens is 305 g/mol. The van der Waals surface area contributed by atoms with Crippen LogP contribution in [0.2, 0.25) is 0 Å². The summed E-state index contributed by atoms with van der Waals surface area (Å²) in [6.45, 7) is 1.39. The van der Waals surface area contributed by atoms with Gasteiger partial charge in [-0.3, -0.25) is 4.72 Å². The molecular formula is C13H11F3N2O2S. The van der Waals surface area contributed by atoms with E-state index >= 15 is 0 Å². The van der Waals surface area contributed by atoms with Crippen molar-refractivity contribution in [2.24, 2.45) is 0 Å². The van der Waals surface area contributed by atoms with Crippen molar-refractivity contribution in [1.82, 2.24) is 0 Å². The minimum absolute atomic E-state index is 0.142.